The number of unbranched alkanes of at least 4 members (excludes halogenated alkanes) is 6. The van der Waals surface area contributed by atoms with E-state index in [-0.39, 0.29) is 12.6 Å². The minimum atomic E-state index is -0.778. The number of likely N-dealkylation sites (tertiary alicyclic amines) is 1. The maximum atomic E-state index is 9.87. The molecule has 0 aliphatic carbocycles. The zero-order valence-corrected chi connectivity index (χ0v) is 12.6. The van der Waals surface area contributed by atoms with E-state index in [2.05, 4.69) is 6.92 Å². The summed E-state index contributed by atoms with van der Waals surface area (Å²) in [6.45, 7) is 3.67. The number of quaternary nitrogens is 1. The van der Waals surface area contributed by atoms with Crippen molar-refractivity contribution in [3.8, 4) is 0 Å². The van der Waals surface area contributed by atoms with Crippen LogP contribution in [0.3, 0.4) is 0 Å². The summed E-state index contributed by atoms with van der Waals surface area (Å²) in [6.07, 6.45) is 7.38. The Kier molecular flexibility index (Phi) is 7.29. The van der Waals surface area contributed by atoms with Crippen LogP contribution in [0.1, 0.15) is 51.9 Å². The minimum absolute atomic E-state index is 0.0504. The SMILES string of the molecule is CCCCCCCCC[N+]1(C)C[C@@H](O)[C@H](O)[C@H]1CO. The van der Waals surface area contributed by atoms with Crippen molar-refractivity contribution in [2.75, 3.05) is 26.7 Å². The predicted molar refractivity (Wildman–Crippen MR) is 76.8 cm³/mol. The molecule has 0 bridgehead atoms. The van der Waals surface area contributed by atoms with Gasteiger partial charge in [-0.1, -0.05) is 39.0 Å². The Hall–Kier alpha value is -0.160. The highest BCUT2D eigenvalue weighted by atomic mass is 16.3. The van der Waals surface area contributed by atoms with Crippen LogP contribution in [-0.2, 0) is 0 Å². The second-order valence-electron chi connectivity index (χ2n) is 6.31. The van der Waals surface area contributed by atoms with Crippen molar-refractivity contribution in [1.29, 1.82) is 0 Å². The van der Waals surface area contributed by atoms with Crippen molar-refractivity contribution < 1.29 is 19.8 Å². The molecule has 0 amide bonds. The normalized spacial score (nSPS) is 34.9. The Labute approximate surface area is 117 Å². The number of hydrogen-bond acceptors (Lipinski definition) is 3. The second-order valence-corrected chi connectivity index (χ2v) is 6.31. The van der Waals surface area contributed by atoms with E-state index in [4.69, 9.17) is 0 Å². The lowest BCUT2D eigenvalue weighted by Crippen LogP contribution is -2.53. The molecule has 1 saturated heterocycles. The van der Waals surface area contributed by atoms with E-state index in [0.29, 0.717) is 11.0 Å². The molecule has 1 aliphatic rings. The Morgan fingerprint density at radius 2 is 1.58 bits per heavy atom. The first-order valence-electron chi connectivity index (χ1n) is 7.86. The van der Waals surface area contributed by atoms with Crippen LogP contribution in [0, 0.1) is 0 Å². The van der Waals surface area contributed by atoms with E-state index < -0.39 is 12.2 Å². The predicted octanol–water partition coefficient (Wildman–Crippen LogP) is 1.28. The van der Waals surface area contributed by atoms with Gasteiger partial charge in [0, 0.05) is 0 Å². The summed E-state index contributed by atoms with van der Waals surface area (Å²) >= 11 is 0. The van der Waals surface area contributed by atoms with Crippen LogP contribution in [0.4, 0.5) is 0 Å². The molecule has 0 saturated carbocycles. The first-order valence-corrected chi connectivity index (χ1v) is 7.86. The lowest BCUT2D eigenvalue weighted by molar-refractivity contribution is -0.924. The van der Waals surface area contributed by atoms with Crippen molar-refractivity contribution >= 4 is 0 Å². The molecule has 4 heteroatoms. The summed E-state index contributed by atoms with van der Waals surface area (Å²) in [5.74, 6) is 0. The highest BCUT2D eigenvalue weighted by molar-refractivity contribution is 4.83. The molecule has 4 atom stereocenters. The van der Waals surface area contributed by atoms with Gasteiger partial charge in [0.05, 0.1) is 20.2 Å². The molecule has 114 valence electrons. The summed E-state index contributed by atoms with van der Waals surface area (Å²) in [5, 5.41) is 29.0. The molecule has 4 nitrogen and oxygen atoms in total. The average molecular weight is 274 g/mol. The van der Waals surface area contributed by atoms with Crippen LogP contribution in [0.2, 0.25) is 0 Å². The molecule has 1 unspecified atom stereocenters. The van der Waals surface area contributed by atoms with Gasteiger partial charge in [-0.3, -0.25) is 0 Å². The van der Waals surface area contributed by atoms with Crippen LogP contribution in [0.5, 0.6) is 0 Å². The molecule has 0 aromatic carbocycles. The third kappa shape index (κ3) is 4.71. The highest BCUT2D eigenvalue weighted by Crippen LogP contribution is 2.26. The van der Waals surface area contributed by atoms with Gasteiger partial charge in [-0.2, -0.15) is 0 Å². The van der Waals surface area contributed by atoms with E-state index >= 15 is 0 Å². The monoisotopic (exact) mass is 274 g/mol. The van der Waals surface area contributed by atoms with Gasteiger partial charge in [0.15, 0.2) is 0 Å². The summed E-state index contributed by atoms with van der Waals surface area (Å²) in [5.41, 5.74) is 0. The first-order chi connectivity index (χ1) is 9.05. The zero-order valence-electron chi connectivity index (χ0n) is 12.6. The lowest BCUT2D eigenvalue weighted by atomic mass is 10.1. The molecule has 0 spiro atoms. The Bertz CT molecular complexity index is 250. The topological polar surface area (TPSA) is 60.7 Å². The van der Waals surface area contributed by atoms with Crippen LogP contribution in [-0.4, -0.2) is 64.8 Å². The van der Waals surface area contributed by atoms with Crippen molar-refractivity contribution in [2.24, 2.45) is 0 Å². The number of rotatable bonds is 9. The van der Waals surface area contributed by atoms with Crippen molar-refractivity contribution in [2.45, 2.75) is 70.1 Å². The fraction of sp³-hybridized carbons (Fsp3) is 1.00. The second kappa shape index (κ2) is 8.20. The molecule has 0 radical (unpaired) electrons. The van der Waals surface area contributed by atoms with Crippen LogP contribution in [0.25, 0.3) is 0 Å². The number of likely N-dealkylation sites (N-methyl/N-ethyl adjacent to an activating group) is 1. The fourth-order valence-electron chi connectivity index (χ4n) is 3.29. The van der Waals surface area contributed by atoms with Gasteiger partial charge in [0.2, 0.25) is 0 Å². The van der Waals surface area contributed by atoms with Gasteiger partial charge in [-0.05, 0) is 12.8 Å². The molecule has 3 N–H and O–H groups in total. The zero-order chi connectivity index (χ0) is 14.3. The molecule has 1 fully saturated rings. The summed E-state index contributed by atoms with van der Waals surface area (Å²) in [7, 11) is 2.04. The fourth-order valence-corrected chi connectivity index (χ4v) is 3.29. The van der Waals surface area contributed by atoms with Gasteiger partial charge in [-0.15, -0.1) is 0 Å². The van der Waals surface area contributed by atoms with Gasteiger partial charge >= 0.3 is 0 Å². The lowest BCUT2D eigenvalue weighted by Gasteiger charge is -2.35. The van der Waals surface area contributed by atoms with Crippen LogP contribution in [0.15, 0.2) is 0 Å². The maximum absolute atomic E-state index is 9.87. The standard InChI is InChI=1S/C15H32NO3/c1-3-4-5-6-7-8-9-10-16(2)11-14(18)15(19)13(16)12-17/h13-15,17-19H,3-12H2,1-2H3/q+1/t13-,14-,15-,16?/m1/s1. The molecule has 0 aromatic heterocycles. The third-order valence-electron chi connectivity index (χ3n) is 4.65. The van der Waals surface area contributed by atoms with Gasteiger partial charge in [-0.25, -0.2) is 0 Å². The largest absolute Gasteiger partial charge is 0.390 e. The average Bonchev–Trinajstić information content (AvgIpc) is 2.59. The quantitative estimate of drug-likeness (QED) is 0.438. The van der Waals surface area contributed by atoms with E-state index in [0.717, 1.165) is 13.0 Å². The van der Waals surface area contributed by atoms with E-state index in [1.165, 1.54) is 38.5 Å². The molecule has 19 heavy (non-hydrogen) atoms. The molecule has 1 aliphatic heterocycles. The summed E-state index contributed by atoms with van der Waals surface area (Å²) in [4.78, 5) is 0. The Morgan fingerprint density at radius 3 is 2.16 bits per heavy atom. The summed E-state index contributed by atoms with van der Waals surface area (Å²) in [6, 6.07) is -0.227. The van der Waals surface area contributed by atoms with Crippen molar-refractivity contribution in [3.05, 3.63) is 0 Å². The molecular weight excluding hydrogens is 242 g/mol. The third-order valence-corrected chi connectivity index (χ3v) is 4.65. The minimum Gasteiger partial charge on any atom is -0.390 e. The molecule has 1 rings (SSSR count). The number of aliphatic hydroxyl groups is 3. The van der Waals surface area contributed by atoms with E-state index in [1.807, 2.05) is 7.05 Å². The number of hydrogen-bond donors (Lipinski definition) is 3. The van der Waals surface area contributed by atoms with Crippen molar-refractivity contribution in [1.82, 2.24) is 0 Å². The Balaban J connectivity index is 2.23. The number of aliphatic hydroxyl groups excluding tert-OH is 3. The number of nitrogens with zero attached hydrogens (tertiary/aromatic N) is 1. The maximum Gasteiger partial charge on any atom is 0.141 e. The van der Waals surface area contributed by atoms with Crippen LogP contribution < -0.4 is 0 Å². The molecule has 0 aromatic rings. The smallest absolute Gasteiger partial charge is 0.141 e. The van der Waals surface area contributed by atoms with E-state index in [1.54, 1.807) is 0 Å². The van der Waals surface area contributed by atoms with Crippen molar-refractivity contribution in [3.63, 3.8) is 0 Å². The van der Waals surface area contributed by atoms with Gasteiger partial charge in [0.1, 0.15) is 24.8 Å². The van der Waals surface area contributed by atoms with Gasteiger partial charge < -0.3 is 19.8 Å². The molecular formula is C15H32NO3+. The van der Waals surface area contributed by atoms with Crippen LogP contribution >= 0.6 is 0 Å². The molecule has 1 heterocycles. The Morgan fingerprint density at radius 1 is 1.00 bits per heavy atom. The highest BCUT2D eigenvalue weighted by Gasteiger charge is 2.49. The van der Waals surface area contributed by atoms with E-state index in [9.17, 15) is 15.3 Å². The first kappa shape index (κ1) is 16.9. The summed E-state index contributed by atoms with van der Waals surface area (Å²) < 4.78 is 0.605. The van der Waals surface area contributed by atoms with Gasteiger partial charge in [0.25, 0.3) is 0 Å².